The van der Waals surface area contributed by atoms with E-state index in [1.54, 1.807) is 0 Å². The average Bonchev–Trinajstić information content (AvgIpc) is 2.48. The summed E-state index contributed by atoms with van der Waals surface area (Å²) in [4.78, 5) is 0. The highest BCUT2D eigenvalue weighted by Gasteiger charge is 2.20. The summed E-state index contributed by atoms with van der Waals surface area (Å²) < 4.78 is 10.9. The van der Waals surface area contributed by atoms with E-state index in [0.717, 1.165) is 18.4 Å². The van der Waals surface area contributed by atoms with Gasteiger partial charge in [0.15, 0.2) is 0 Å². The summed E-state index contributed by atoms with van der Waals surface area (Å²) in [6.45, 7) is 5.59. The van der Waals surface area contributed by atoms with Crippen molar-refractivity contribution in [2.24, 2.45) is 5.73 Å². The predicted octanol–water partition coefficient (Wildman–Crippen LogP) is 2.10. The van der Waals surface area contributed by atoms with Gasteiger partial charge in [-0.2, -0.15) is 0 Å². The molecule has 4 nitrogen and oxygen atoms in total. The van der Waals surface area contributed by atoms with E-state index in [2.05, 4.69) is 0 Å². The molecule has 1 atom stereocenters. The number of aliphatic hydroxyl groups is 1. The maximum Gasteiger partial charge on any atom is 0.101 e. The Bertz CT molecular complexity index is 352. The smallest absolute Gasteiger partial charge is 0.101 e. The van der Waals surface area contributed by atoms with Gasteiger partial charge in [0.1, 0.15) is 6.10 Å². The number of rotatable bonds is 10. The standard InChI is InChI=1S/C16H27NO3/c1-3-16(17,4-2)13-20-12-15(18)11-19-10-14-8-6-5-7-9-14/h5-9,15,18H,3-4,10-13,17H2,1-2H3. The molecule has 20 heavy (non-hydrogen) atoms. The van der Waals surface area contributed by atoms with Gasteiger partial charge in [0, 0.05) is 5.54 Å². The molecule has 0 amide bonds. The minimum absolute atomic E-state index is 0.258. The molecule has 1 aromatic rings. The molecule has 0 aliphatic carbocycles. The molecule has 1 rings (SSSR count). The Kier molecular flexibility index (Phi) is 7.77. The molecular weight excluding hydrogens is 254 g/mol. The predicted molar refractivity (Wildman–Crippen MR) is 80.4 cm³/mol. The zero-order chi connectivity index (χ0) is 14.8. The summed E-state index contributed by atoms with van der Waals surface area (Å²) in [5.74, 6) is 0. The van der Waals surface area contributed by atoms with Crippen molar-refractivity contribution >= 4 is 0 Å². The van der Waals surface area contributed by atoms with E-state index in [4.69, 9.17) is 15.2 Å². The minimum Gasteiger partial charge on any atom is -0.388 e. The topological polar surface area (TPSA) is 64.7 Å². The Balaban J connectivity index is 2.13. The molecule has 0 saturated carbocycles. The van der Waals surface area contributed by atoms with Crippen LogP contribution in [-0.2, 0) is 16.1 Å². The summed E-state index contributed by atoms with van der Waals surface area (Å²) in [5.41, 5.74) is 6.93. The van der Waals surface area contributed by atoms with Crippen LogP contribution in [-0.4, -0.2) is 36.6 Å². The summed E-state index contributed by atoms with van der Waals surface area (Å²) in [6.07, 6.45) is 1.12. The number of hydrogen-bond acceptors (Lipinski definition) is 4. The number of ether oxygens (including phenoxy) is 2. The second-order valence-electron chi connectivity index (χ2n) is 5.24. The molecule has 0 spiro atoms. The number of benzene rings is 1. The van der Waals surface area contributed by atoms with Crippen LogP contribution in [0.1, 0.15) is 32.3 Å². The maximum atomic E-state index is 9.78. The number of hydrogen-bond donors (Lipinski definition) is 2. The lowest BCUT2D eigenvalue weighted by Gasteiger charge is -2.26. The Morgan fingerprint density at radius 2 is 1.70 bits per heavy atom. The van der Waals surface area contributed by atoms with Gasteiger partial charge in [-0.05, 0) is 18.4 Å². The van der Waals surface area contributed by atoms with Crippen molar-refractivity contribution in [3.05, 3.63) is 35.9 Å². The van der Waals surface area contributed by atoms with Crippen LogP contribution in [0, 0.1) is 0 Å². The summed E-state index contributed by atoms with van der Waals surface area (Å²) in [5, 5.41) is 9.78. The normalized spacial score (nSPS) is 13.4. The van der Waals surface area contributed by atoms with Gasteiger partial charge < -0.3 is 20.3 Å². The lowest BCUT2D eigenvalue weighted by molar-refractivity contribution is -0.0337. The highest BCUT2D eigenvalue weighted by atomic mass is 16.5. The third kappa shape index (κ3) is 6.48. The number of nitrogens with two attached hydrogens (primary N) is 1. The zero-order valence-corrected chi connectivity index (χ0v) is 12.5. The fourth-order valence-electron chi connectivity index (χ4n) is 1.79. The first kappa shape index (κ1) is 17.1. The van der Waals surface area contributed by atoms with E-state index in [-0.39, 0.29) is 18.8 Å². The molecule has 3 N–H and O–H groups in total. The van der Waals surface area contributed by atoms with E-state index in [1.165, 1.54) is 0 Å². The summed E-state index contributed by atoms with van der Waals surface area (Å²) in [6, 6.07) is 9.89. The van der Waals surface area contributed by atoms with E-state index >= 15 is 0 Å². The summed E-state index contributed by atoms with van der Waals surface area (Å²) >= 11 is 0. The Morgan fingerprint density at radius 1 is 1.10 bits per heavy atom. The van der Waals surface area contributed by atoms with Gasteiger partial charge in [-0.25, -0.2) is 0 Å². The zero-order valence-electron chi connectivity index (χ0n) is 12.5. The molecule has 0 saturated heterocycles. The molecule has 0 bridgehead atoms. The monoisotopic (exact) mass is 281 g/mol. The number of aliphatic hydroxyl groups excluding tert-OH is 1. The Labute approximate surface area is 121 Å². The van der Waals surface area contributed by atoms with Gasteiger partial charge in [0.2, 0.25) is 0 Å². The lowest BCUT2D eigenvalue weighted by atomic mass is 9.96. The second kappa shape index (κ2) is 9.08. The molecule has 4 heteroatoms. The molecule has 0 aromatic heterocycles. The minimum atomic E-state index is -0.614. The van der Waals surface area contributed by atoms with Crippen molar-refractivity contribution in [1.82, 2.24) is 0 Å². The van der Waals surface area contributed by atoms with Gasteiger partial charge >= 0.3 is 0 Å². The molecule has 1 unspecified atom stereocenters. The van der Waals surface area contributed by atoms with Crippen molar-refractivity contribution in [3.8, 4) is 0 Å². The largest absolute Gasteiger partial charge is 0.388 e. The van der Waals surface area contributed by atoms with Crippen LogP contribution in [0.2, 0.25) is 0 Å². The summed E-state index contributed by atoms with van der Waals surface area (Å²) in [7, 11) is 0. The van der Waals surface area contributed by atoms with Crippen LogP contribution >= 0.6 is 0 Å². The first-order chi connectivity index (χ1) is 9.59. The van der Waals surface area contributed by atoms with Crippen LogP contribution in [0.3, 0.4) is 0 Å². The Hall–Kier alpha value is -0.940. The van der Waals surface area contributed by atoms with Gasteiger partial charge in [0.25, 0.3) is 0 Å². The van der Waals surface area contributed by atoms with Gasteiger partial charge in [-0.1, -0.05) is 44.2 Å². The highest BCUT2D eigenvalue weighted by molar-refractivity contribution is 5.13. The first-order valence-corrected chi connectivity index (χ1v) is 7.26. The maximum absolute atomic E-state index is 9.78. The lowest BCUT2D eigenvalue weighted by Crippen LogP contribution is -2.44. The SMILES string of the molecule is CCC(N)(CC)COCC(O)COCc1ccccc1. The van der Waals surface area contributed by atoms with Crippen molar-refractivity contribution in [2.75, 3.05) is 19.8 Å². The third-order valence-electron chi connectivity index (χ3n) is 3.53. The fraction of sp³-hybridized carbons (Fsp3) is 0.625. The fourth-order valence-corrected chi connectivity index (χ4v) is 1.79. The van der Waals surface area contributed by atoms with Crippen LogP contribution < -0.4 is 5.73 Å². The van der Waals surface area contributed by atoms with E-state index in [9.17, 15) is 5.11 Å². The average molecular weight is 281 g/mol. The highest BCUT2D eigenvalue weighted by Crippen LogP contribution is 2.11. The quantitative estimate of drug-likeness (QED) is 0.689. The van der Waals surface area contributed by atoms with Crippen LogP contribution in [0.15, 0.2) is 30.3 Å². The second-order valence-corrected chi connectivity index (χ2v) is 5.24. The molecule has 0 aliphatic heterocycles. The van der Waals surface area contributed by atoms with E-state index < -0.39 is 6.10 Å². The van der Waals surface area contributed by atoms with Gasteiger partial charge in [0.05, 0.1) is 26.4 Å². The molecule has 0 aliphatic rings. The molecule has 0 heterocycles. The van der Waals surface area contributed by atoms with Crippen molar-refractivity contribution in [3.63, 3.8) is 0 Å². The Morgan fingerprint density at radius 3 is 2.30 bits per heavy atom. The van der Waals surface area contributed by atoms with Crippen LogP contribution in [0.4, 0.5) is 0 Å². The van der Waals surface area contributed by atoms with Crippen molar-refractivity contribution in [1.29, 1.82) is 0 Å². The molecular formula is C16H27NO3. The first-order valence-electron chi connectivity index (χ1n) is 7.26. The van der Waals surface area contributed by atoms with E-state index in [0.29, 0.717) is 13.2 Å². The third-order valence-corrected chi connectivity index (χ3v) is 3.53. The van der Waals surface area contributed by atoms with E-state index in [1.807, 2.05) is 44.2 Å². The van der Waals surface area contributed by atoms with Crippen LogP contribution in [0.5, 0.6) is 0 Å². The van der Waals surface area contributed by atoms with Crippen molar-refractivity contribution in [2.45, 2.75) is 44.9 Å². The van der Waals surface area contributed by atoms with Gasteiger partial charge in [-0.3, -0.25) is 0 Å². The molecule has 114 valence electrons. The molecule has 0 radical (unpaired) electrons. The molecule has 1 aromatic carbocycles. The van der Waals surface area contributed by atoms with Gasteiger partial charge in [-0.15, -0.1) is 0 Å². The van der Waals surface area contributed by atoms with Crippen LogP contribution in [0.25, 0.3) is 0 Å². The molecule has 0 fully saturated rings. The van der Waals surface area contributed by atoms with Crippen molar-refractivity contribution < 1.29 is 14.6 Å².